The average molecular weight is 413 g/mol. The number of rotatable bonds is 8. The minimum absolute atomic E-state index is 0.0359. The minimum Gasteiger partial charge on any atom is -0.497 e. The van der Waals surface area contributed by atoms with Crippen LogP contribution in [-0.4, -0.2) is 55.9 Å². The van der Waals surface area contributed by atoms with Crippen LogP contribution in [0.5, 0.6) is 5.75 Å². The van der Waals surface area contributed by atoms with Gasteiger partial charge in [0.25, 0.3) is 0 Å². The van der Waals surface area contributed by atoms with Crippen molar-refractivity contribution in [1.29, 1.82) is 0 Å². The van der Waals surface area contributed by atoms with E-state index >= 15 is 0 Å². The molecule has 0 saturated carbocycles. The van der Waals surface area contributed by atoms with Crippen molar-refractivity contribution in [3.05, 3.63) is 24.3 Å². The number of nitrogens with zero attached hydrogens (tertiary/aromatic N) is 1. The summed E-state index contributed by atoms with van der Waals surface area (Å²) >= 11 is 0. The van der Waals surface area contributed by atoms with Crippen LogP contribution in [0.15, 0.2) is 29.2 Å². The Morgan fingerprint density at radius 2 is 1.93 bits per heavy atom. The quantitative estimate of drug-likeness (QED) is 0.672. The van der Waals surface area contributed by atoms with E-state index in [1.807, 2.05) is 13.8 Å². The Bertz CT molecular complexity index is 791. The zero-order valence-electron chi connectivity index (χ0n) is 16.4. The molecule has 1 amide bonds. The number of methoxy groups -OCH3 is 1. The molecule has 1 heterocycles. The van der Waals surface area contributed by atoms with Gasteiger partial charge >= 0.3 is 5.97 Å². The number of ether oxygens (including phenoxy) is 1. The maximum atomic E-state index is 12.9. The lowest BCUT2D eigenvalue weighted by Gasteiger charge is -2.32. The van der Waals surface area contributed by atoms with Gasteiger partial charge in [-0.3, -0.25) is 4.79 Å². The molecule has 0 bridgehead atoms. The molecule has 0 unspecified atom stereocenters. The highest BCUT2D eigenvalue weighted by Crippen LogP contribution is 2.25. The highest BCUT2D eigenvalue weighted by Gasteiger charge is 2.34. The third kappa shape index (κ3) is 5.45. The first-order valence-corrected chi connectivity index (χ1v) is 10.8. The Morgan fingerprint density at radius 3 is 2.46 bits per heavy atom. The molecule has 1 aromatic carbocycles. The topological polar surface area (TPSA) is 113 Å². The number of hydrogen-bond acceptors (Lipinski definition) is 5. The molecule has 1 fully saturated rings. The predicted octanol–water partition coefficient (Wildman–Crippen LogP) is 1.71. The van der Waals surface area contributed by atoms with Crippen LogP contribution >= 0.6 is 0 Å². The van der Waals surface area contributed by atoms with Crippen molar-refractivity contribution in [2.45, 2.75) is 44.0 Å². The molecule has 9 heteroatoms. The Labute approximate surface area is 165 Å². The first-order valence-electron chi connectivity index (χ1n) is 9.32. The minimum atomic E-state index is -3.74. The normalized spacial score (nSPS) is 19.2. The number of benzene rings is 1. The van der Waals surface area contributed by atoms with Crippen LogP contribution in [0.25, 0.3) is 0 Å². The summed E-state index contributed by atoms with van der Waals surface area (Å²) in [5.74, 6) is -1.40. The summed E-state index contributed by atoms with van der Waals surface area (Å²) in [6.45, 7) is 4.12. The Kier molecular flexibility index (Phi) is 7.42. The van der Waals surface area contributed by atoms with Gasteiger partial charge in [-0.2, -0.15) is 4.31 Å². The number of amides is 1. The highest BCUT2D eigenvalue weighted by atomic mass is 32.2. The SMILES string of the molecule is COc1ccc(S(=O)(=O)N2CCC[C@@H](C(=O)N[C@@H](CC(C)C)C(=O)O)C2)cc1. The standard InChI is InChI=1S/C19H28N2O6S/c1-13(2)11-17(19(23)24)20-18(22)14-5-4-10-21(12-14)28(25,26)16-8-6-15(27-3)7-9-16/h6-9,13-14,17H,4-5,10-12H2,1-3H3,(H,20,22)(H,23,24)/t14-,17+/m1/s1. The molecule has 2 rings (SSSR count). The second kappa shape index (κ2) is 9.38. The van der Waals surface area contributed by atoms with E-state index in [2.05, 4.69) is 5.32 Å². The van der Waals surface area contributed by atoms with E-state index in [-0.39, 0.29) is 17.4 Å². The summed E-state index contributed by atoms with van der Waals surface area (Å²) in [6, 6.07) is 5.12. The molecular formula is C19H28N2O6S. The molecule has 156 valence electrons. The Hall–Kier alpha value is -2.13. The van der Waals surface area contributed by atoms with Gasteiger partial charge in [0.05, 0.1) is 17.9 Å². The largest absolute Gasteiger partial charge is 0.497 e. The smallest absolute Gasteiger partial charge is 0.326 e. The fourth-order valence-corrected chi connectivity index (χ4v) is 4.78. The van der Waals surface area contributed by atoms with Gasteiger partial charge in [0, 0.05) is 13.1 Å². The fourth-order valence-electron chi connectivity index (χ4n) is 3.25. The number of carboxylic acid groups (broad SMARTS) is 1. The van der Waals surface area contributed by atoms with Crippen molar-refractivity contribution in [3.8, 4) is 5.75 Å². The molecule has 0 spiro atoms. The van der Waals surface area contributed by atoms with E-state index in [1.165, 1.54) is 23.5 Å². The molecule has 1 aliphatic rings. The number of hydrogen-bond donors (Lipinski definition) is 2. The number of aliphatic carboxylic acids is 1. The van der Waals surface area contributed by atoms with Gasteiger partial charge in [-0.05, 0) is 49.4 Å². The summed E-state index contributed by atoms with van der Waals surface area (Å²) in [7, 11) is -2.23. The lowest BCUT2D eigenvalue weighted by Crippen LogP contribution is -2.49. The summed E-state index contributed by atoms with van der Waals surface area (Å²) in [5.41, 5.74) is 0. The van der Waals surface area contributed by atoms with Gasteiger partial charge in [0.1, 0.15) is 11.8 Å². The molecule has 2 N–H and O–H groups in total. The number of carbonyl (C=O) groups excluding carboxylic acids is 1. The molecule has 0 aliphatic carbocycles. The summed E-state index contributed by atoms with van der Waals surface area (Å²) in [6.07, 6.45) is 1.38. The van der Waals surface area contributed by atoms with Gasteiger partial charge in [-0.15, -0.1) is 0 Å². The van der Waals surface area contributed by atoms with Crippen LogP contribution in [0.3, 0.4) is 0 Å². The van der Waals surface area contributed by atoms with E-state index < -0.39 is 33.9 Å². The maximum Gasteiger partial charge on any atom is 0.326 e. The van der Waals surface area contributed by atoms with Crippen molar-refractivity contribution in [2.24, 2.45) is 11.8 Å². The fraction of sp³-hybridized carbons (Fsp3) is 0.579. The number of carbonyl (C=O) groups is 2. The predicted molar refractivity (Wildman–Crippen MR) is 103 cm³/mol. The zero-order chi connectivity index (χ0) is 20.9. The molecular weight excluding hydrogens is 384 g/mol. The lowest BCUT2D eigenvalue weighted by molar-refractivity contribution is -0.143. The second-order valence-corrected chi connectivity index (χ2v) is 9.34. The molecule has 28 heavy (non-hydrogen) atoms. The molecule has 1 saturated heterocycles. The van der Waals surface area contributed by atoms with Crippen LogP contribution < -0.4 is 10.1 Å². The number of sulfonamides is 1. The van der Waals surface area contributed by atoms with E-state index in [9.17, 15) is 23.1 Å². The van der Waals surface area contributed by atoms with Crippen molar-refractivity contribution < 1.29 is 27.9 Å². The number of piperidine rings is 1. The van der Waals surface area contributed by atoms with Gasteiger partial charge in [0.2, 0.25) is 15.9 Å². The van der Waals surface area contributed by atoms with E-state index in [0.717, 1.165) is 0 Å². The monoisotopic (exact) mass is 412 g/mol. The Morgan fingerprint density at radius 1 is 1.29 bits per heavy atom. The molecule has 2 atom stereocenters. The molecule has 0 radical (unpaired) electrons. The number of nitrogens with one attached hydrogen (secondary N) is 1. The third-order valence-electron chi connectivity index (χ3n) is 4.77. The van der Waals surface area contributed by atoms with Gasteiger partial charge < -0.3 is 15.2 Å². The zero-order valence-corrected chi connectivity index (χ0v) is 17.2. The van der Waals surface area contributed by atoms with Crippen LogP contribution in [0, 0.1) is 11.8 Å². The van der Waals surface area contributed by atoms with Gasteiger partial charge in [0.15, 0.2) is 0 Å². The summed E-state index contributed by atoms with van der Waals surface area (Å²) in [4.78, 5) is 24.1. The van der Waals surface area contributed by atoms with Crippen LogP contribution in [0.4, 0.5) is 0 Å². The van der Waals surface area contributed by atoms with Crippen molar-refractivity contribution >= 4 is 21.9 Å². The van der Waals surface area contributed by atoms with E-state index in [4.69, 9.17) is 4.74 Å². The molecule has 1 aromatic rings. The second-order valence-electron chi connectivity index (χ2n) is 7.41. The van der Waals surface area contributed by atoms with Crippen LogP contribution in [0.2, 0.25) is 0 Å². The van der Waals surface area contributed by atoms with E-state index in [0.29, 0.717) is 31.6 Å². The van der Waals surface area contributed by atoms with Crippen molar-refractivity contribution in [3.63, 3.8) is 0 Å². The number of carboxylic acids is 1. The highest BCUT2D eigenvalue weighted by molar-refractivity contribution is 7.89. The molecule has 8 nitrogen and oxygen atoms in total. The first-order chi connectivity index (χ1) is 13.1. The lowest BCUT2D eigenvalue weighted by atomic mass is 9.97. The van der Waals surface area contributed by atoms with Crippen LogP contribution in [-0.2, 0) is 19.6 Å². The Balaban J connectivity index is 2.09. The summed E-state index contributed by atoms with van der Waals surface area (Å²) in [5, 5.41) is 11.9. The van der Waals surface area contributed by atoms with Gasteiger partial charge in [-0.25, -0.2) is 13.2 Å². The van der Waals surface area contributed by atoms with E-state index in [1.54, 1.807) is 12.1 Å². The average Bonchev–Trinajstić information content (AvgIpc) is 2.67. The molecule has 0 aromatic heterocycles. The maximum absolute atomic E-state index is 12.9. The van der Waals surface area contributed by atoms with Crippen molar-refractivity contribution in [1.82, 2.24) is 9.62 Å². The summed E-state index contributed by atoms with van der Waals surface area (Å²) < 4.78 is 32.1. The van der Waals surface area contributed by atoms with Crippen LogP contribution in [0.1, 0.15) is 33.1 Å². The molecule has 1 aliphatic heterocycles. The third-order valence-corrected chi connectivity index (χ3v) is 6.65. The first kappa shape index (κ1) is 22.2. The van der Waals surface area contributed by atoms with Gasteiger partial charge in [-0.1, -0.05) is 13.8 Å². The van der Waals surface area contributed by atoms with Crippen molar-refractivity contribution in [2.75, 3.05) is 20.2 Å².